The van der Waals surface area contributed by atoms with Crippen LogP contribution in [0, 0.1) is 0 Å². The molecule has 0 unspecified atom stereocenters. The first-order valence-corrected chi connectivity index (χ1v) is 18.4. The fraction of sp³-hybridized carbons (Fsp3) is 0.395. The summed E-state index contributed by atoms with van der Waals surface area (Å²) in [7, 11) is 0. The molecule has 0 spiro atoms. The average Bonchev–Trinajstić information content (AvgIpc) is 3.48. The van der Waals surface area contributed by atoms with E-state index in [1.54, 1.807) is 9.80 Å². The van der Waals surface area contributed by atoms with Crippen LogP contribution in [0.25, 0.3) is 11.0 Å². The zero-order valence-electron chi connectivity index (χ0n) is 31.8. The lowest BCUT2D eigenvalue weighted by Gasteiger charge is -2.42. The number of amides is 2. The van der Waals surface area contributed by atoms with Gasteiger partial charge in [0.15, 0.2) is 5.82 Å². The molecule has 278 valence electrons. The molecule has 5 aromatic rings. The highest BCUT2D eigenvalue weighted by Crippen LogP contribution is 2.45. The molecule has 0 saturated carbocycles. The van der Waals surface area contributed by atoms with Crippen LogP contribution in [-0.2, 0) is 21.4 Å². The second-order valence-electron chi connectivity index (χ2n) is 15.8. The molecule has 2 atom stereocenters. The Morgan fingerprint density at radius 1 is 0.792 bits per heavy atom. The molecule has 3 heterocycles. The SMILES string of the molecule is C[C@H]1CC[C@@H](N(C(=O)OC(C)(C)C)c2ncnc3c2c(CCO)cn3C(c2ccccc2)(c2ccccc2)c2ccccc2)CN1C(=O)OC(C)(C)C. The Morgan fingerprint density at radius 2 is 1.32 bits per heavy atom. The summed E-state index contributed by atoms with van der Waals surface area (Å²) in [4.78, 5) is 41.1. The Kier molecular flexibility index (Phi) is 10.6. The molecule has 10 nitrogen and oxygen atoms in total. The Balaban J connectivity index is 1.63. The standard InChI is InChI=1S/C43H51N5O5/c1-30-23-24-35(28-46(30)39(50)52-41(2,3)4)48(40(51)53-42(5,6)7)38-36-31(25-26-49)27-47(37(36)44-29-45-38)43(32-17-11-8-12-18-32,33-19-13-9-14-20-33)34-21-15-10-16-22-34/h8-22,27,29-30,35,49H,23-26,28H2,1-7H3/t30-,35+/m0/s1. The number of carbonyl (C=O) groups is 2. The topological polar surface area (TPSA) is 110 Å². The molecular formula is C43H51N5O5. The molecule has 53 heavy (non-hydrogen) atoms. The van der Waals surface area contributed by atoms with E-state index in [4.69, 9.17) is 19.4 Å². The lowest BCUT2D eigenvalue weighted by Crippen LogP contribution is -2.56. The smallest absolute Gasteiger partial charge is 0.416 e. The summed E-state index contributed by atoms with van der Waals surface area (Å²) in [6.45, 7) is 13.1. The van der Waals surface area contributed by atoms with Crippen molar-refractivity contribution in [2.45, 2.75) is 96.6 Å². The molecule has 1 aliphatic heterocycles. The van der Waals surface area contributed by atoms with Crippen LogP contribution in [0.1, 0.15) is 83.6 Å². The average molecular weight is 718 g/mol. The molecular weight excluding hydrogens is 667 g/mol. The van der Waals surface area contributed by atoms with Gasteiger partial charge in [-0.05, 0) is 90.0 Å². The van der Waals surface area contributed by atoms with Crippen LogP contribution >= 0.6 is 0 Å². The van der Waals surface area contributed by atoms with Crippen LogP contribution in [0.3, 0.4) is 0 Å². The van der Waals surface area contributed by atoms with Crippen molar-refractivity contribution in [3.63, 3.8) is 0 Å². The first-order valence-electron chi connectivity index (χ1n) is 18.4. The second kappa shape index (κ2) is 15.0. The maximum atomic E-state index is 14.5. The number of benzene rings is 3. The van der Waals surface area contributed by atoms with Gasteiger partial charge in [0.1, 0.15) is 28.7 Å². The highest BCUT2D eigenvalue weighted by atomic mass is 16.6. The number of aliphatic hydroxyl groups is 1. The van der Waals surface area contributed by atoms with Crippen molar-refractivity contribution in [1.82, 2.24) is 19.4 Å². The number of hydrogen-bond acceptors (Lipinski definition) is 7. The Morgan fingerprint density at radius 3 is 1.81 bits per heavy atom. The minimum Gasteiger partial charge on any atom is -0.444 e. The summed E-state index contributed by atoms with van der Waals surface area (Å²) >= 11 is 0. The van der Waals surface area contributed by atoms with Crippen LogP contribution < -0.4 is 4.90 Å². The number of carbonyl (C=O) groups excluding carboxylic acids is 2. The number of fused-ring (bicyclic) bond motifs is 1. The second-order valence-corrected chi connectivity index (χ2v) is 15.8. The molecule has 3 aromatic carbocycles. The fourth-order valence-electron chi connectivity index (χ4n) is 7.42. The molecule has 2 amide bonds. The largest absolute Gasteiger partial charge is 0.444 e. The minimum absolute atomic E-state index is 0.0960. The summed E-state index contributed by atoms with van der Waals surface area (Å²) < 4.78 is 14.0. The van der Waals surface area contributed by atoms with Crippen LogP contribution in [0.5, 0.6) is 0 Å². The normalized spacial score (nSPS) is 16.7. The number of anilines is 1. The molecule has 1 fully saturated rings. The monoisotopic (exact) mass is 717 g/mol. The third-order valence-corrected chi connectivity index (χ3v) is 9.63. The van der Waals surface area contributed by atoms with E-state index < -0.39 is 35.0 Å². The van der Waals surface area contributed by atoms with Crippen molar-refractivity contribution < 1.29 is 24.2 Å². The molecule has 1 saturated heterocycles. The molecule has 0 radical (unpaired) electrons. The van der Waals surface area contributed by atoms with Gasteiger partial charge in [-0.1, -0.05) is 91.0 Å². The highest BCUT2D eigenvalue weighted by Gasteiger charge is 2.43. The van der Waals surface area contributed by atoms with Gasteiger partial charge < -0.3 is 24.0 Å². The zero-order chi connectivity index (χ0) is 38.0. The van der Waals surface area contributed by atoms with Gasteiger partial charge in [-0.3, -0.25) is 4.90 Å². The number of aliphatic hydroxyl groups excluding tert-OH is 1. The quantitative estimate of drug-likeness (QED) is 0.161. The predicted octanol–water partition coefficient (Wildman–Crippen LogP) is 8.34. The molecule has 1 N–H and O–H groups in total. The maximum Gasteiger partial charge on any atom is 0.416 e. The lowest BCUT2D eigenvalue weighted by atomic mass is 9.76. The molecule has 6 rings (SSSR count). The van der Waals surface area contributed by atoms with Gasteiger partial charge in [0, 0.05) is 25.4 Å². The third-order valence-electron chi connectivity index (χ3n) is 9.63. The number of aromatic nitrogens is 3. The summed E-state index contributed by atoms with van der Waals surface area (Å²) in [5, 5.41) is 11.1. The Labute approximate surface area is 312 Å². The molecule has 2 aromatic heterocycles. The molecule has 0 bridgehead atoms. The highest BCUT2D eigenvalue weighted by molar-refractivity contribution is 6.00. The fourth-order valence-corrected chi connectivity index (χ4v) is 7.42. The first kappa shape index (κ1) is 37.5. The Hall–Kier alpha value is -5.22. The maximum absolute atomic E-state index is 14.5. The number of nitrogens with zero attached hydrogens (tertiary/aromatic N) is 5. The number of ether oxygens (including phenoxy) is 2. The first-order chi connectivity index (χ1) is 25.2. The van der Waals surface area contributed by atoms with E-state index in [1.807, 2.05) is 109 Å². The third kappa shape index (κ3) is 7.64. The summed E-state index contributed by atoms with van der Waals surface area (Å²) in [6.07, 6.45) is 4.03. The van der Waals surface area contributed by atoms with Gasteiger partial charge >= 0.3 is 12.2 Å². The van der Waals surface area contributed by atoms with Gasteiger partial charge in [-0.25, -0.2) is 19.6 Å². The molecule has 1 aliphatic rings. The van der Waals surface area contributed by atoms with E-state index in [1.165, 1.54) is 6.33 Å². The van der Waals surface area contributed by atoms with Gasteiger partial charge in [0.05, 0.1) is 11.4 Å². The van der Waals surface area contributed by atoms with E-state index in [-0.39, 0.29) is 25.6 Å². The summed E-state index contributed by atoms with van der Waals surface area (Å²) in [5.41, 5.74) is 1.96. The number of piperidine rings is 1. The van der Waals surface area contributed by atoms with Crippen LogP contribution in [0.15, 0.2) is 104 Å². The van der Waals surface area contributed by atoms with Crippen molar-refractivity contribution in [3.8, 4) is 0 Å². The van der Waals surface area contributed by atoms with E-state index in [9.17, 15) is 14.7 Å². The van der Waals surface area contributed by atoms with Crippen molar-refractivity contribution in [2.75, 3.05) is 18.1 Å². The van der Waals surface area contributed by atoms with E-state index in [0.29, 0.717) is 29.7 Å². The van der Waals surface area contributed by atoms with Crippen molar-refractivity contribution in [3.05, 3.63) is 126 Å². The van der Waals surface area contributed by atoms with Gasteiger partial charge in [-0.2, -0.15) is 0 Å². The van der Waals surface area contributed by atoms with Gasteiger partial charge in [-0.15, -0.1) is 0 Å². The number of hydrogen-bond donors (Lipinski definition) is 1. The number of likely N-dealkylation sites (tertiary alicyclic amines) is 1. The van der Waals surface area contributed by atoms with Crippen LogP contribution in [-0.4, -0.2) is 73.2 Å². The lowest BCUT2D eigenvalue weighted by molar-refractivity contribution is 0.00817. The van der Waals surface area contributed by atoms with Crippen molar-refractivity contribution in [2.24, 2.45) is 0 Å². The summed E-state index contributed by atoms with van der Waals surface area (Å²) in [6, 6.07) is 30.3. The van der Waals surface area contributed by atoms with Gasteiger partial charge in [0.25, 0.3) is 0 Å². The zero-order valence-corrected chi connectivity index (χ0v) is 31.8. The van der Waals surface area contributed by atoms with Crippen LogP contribution in [0.4, 0.5) is 15.4 Å². The van der Waals surface area contributed by atoms with Gasteiger partial charge in [0.2, 0.25) is 0 Å². The van der Waals surface area contributed by atoms with Crippen molar-refractivity contribution >= 4 is 29.0 Å². The van der Waals surface area contributed by atoms with E-state index in [2.05, 4.69) is 41.0 Å². The van der Waals surface area contributed by atoms with E-state index >= 15 is 0 Å². The molecule has 10 heteroatoms. The van der Waals surface area contributed by atoms with Crippen molar-refractivity contribution in [1.29, 1.82) is 0 Å². The van der Waals surface area contributed by atoms with E-state index in [0.717, 1.165) is 22.3 Å². The molecule has 0 aliphatic carbocycles. The minimum atomic E-state index is -0.911. The Bertz CT molecular complexity index is 1920. The van der Waals surface area contributed by atoms with Crippen LogP contribution in [0.2, 0.25) is 0 Å². The predicted molar refractivity (Wildman–Crippen MR) is 207 cm³/mol. The summed E-state index contributed by atoms with van der Waals surface area (Å²) in [5.74, 6) is 0.359. The number of rotatable bonds is 8.